The van der Waals surface area contributed by atoms with Crippen LogP contribution in [0.2, 0.25) is 0 Å². The number of aromatic nitrogens is 2. The Labute approximate surface area is 186 Å². The number of rotatable bonds is 4. The van der Waals surface area contributed by atoms with Gasteiger partial charge in [0.05, 0.1) is 23.6 Å². The second kappa shape index (κ2) is 8.51. The van der Waals surface area contributed by atoms with Crippen LogP contribution in [0.1, 0.15) is 22.3 Å². The van der Waals surface area contributed by atoms with Crippen LogP contribution in [0.25, 0.3) is 5.69 Å². The van der Waals surface area contributed by atoms with Gasteiger partial charge in [-0.3, -0.25) is 9.59 Å². The summed E-state index contributed by atoms with van der Waals surface area (Å²) >= 11 is 0. The molecule has 6 heteroatoms. The Balaban J connectivity index is 1.46. The van der Waals surface area contributed by atoms with E-state index in [1.54, 1.807) is 32.8 Å². The molecule has 2 amide bonds. The summed E-state index contributed by atoms with van der Waals surface area (Å²) in [6.07, 6.45) is 3.83. The van der Waals surface area contributed by atoms with Gasteiger partial charge in [0.1, 0.15) is 0 Å². The zero-order valence-electron chi connectivity index (χ0n) is 17.5. The van der Waals surface area contributed by atoms with Crippen molar-refractivity contribution < 1.29 is 9.59 Å². The molecule has 0 saturated heterocycles. The van der Waals surface area contributed by atoms with Crippen LogP contribution < -0.4 is 9.80 Å². The fraction of sp³-hybridized carbons (Fsp3) is 0.115. The minimum absolute atomic E-state index is 0.00522. The highest BCUT2D eigenvalue weighted by Gasteiger charge is 2.29. The highest BCUT2D eigenvalue weighted by molar-refractivity contribution is 6.11. The van der Waals surface area contributed by atoms with Crippen molar-refractivity contribution in [3.8, 4) is 5.69 Å². The van der Waals surface area contributed by atoms with Gasteiger partial charge in [0.15, 0.2) is 0 Å². The summed E-state index contributed by atoms with van der Waals surface area (Å²) < 4.78 is 1.75. The van der Waals surface area contributed by atoms with Gasteiger partial charge in [0.2, 0.25) is 5.91 Å². The molecule has 0 bridgehead atoms. The van der Waals surface area contributed by atoms with Gasteiger partial charge in [0.25, 0.3) is 5.91 Å². The van der Waals surface area contributed by atoms with Crippen LogP contribution >= 0.6 is 0 Å². The quantitative estimate of drug-likeness (QED) is 0.488. The zero-order valence-corrected chi connectivity index (χ0v) is 17.5. The molecule has 0 fully saturated rings. The Bertz CT molecular complexity index is 1230. The van der Waals surface area contributed by atoms with Crippen LogP contribution in [0.5, 0.6) is 0 Å². The van der Waals surface area contributed by atoms with Gasteiger partial charge in [-0.15, -0.1) is 0 Å². The molecule has 4 aromatic rings. The number of anilines is 2. The fourth-order valence-electron chi connectivity index (χ4n) is 4.00. The molecule has 5 rings (SSSR count). The molecule has 2 heterocycles. The summed E-state index contributed by atoms with van der Waals surface area (Å²) in [4.78, 5) is 30.0. The van der Waals surface area contributed by atoms with Crippen LogP contribution in [-0.4, -0.2) is 28.1 Å². The van der Waals surface area contributed by atoms with Crippen molar-refractivity contribution in [2.75, 3.05) is 16.3 Å². The van der Waals surface area contributed by atoms with E-state index in [1.165, 1.54) is 0 Å². The Hall–Kier alpha value is -4.19. The van der Waals surface area contributed by atoms with E-state index >= 15 is 0 Å². The first kappa shape index (κ1) is 19.8. The van der Waals surface area contributed by atoms with E-state index in [2.05, 4.69) is 5.10 Å². The topological polar surface area (TPSA) is 58.4 Å². The summed E-state index contributed by atoms with van der Waals surface area (Å²) in [6.45, 7) is 0.804. The van der Waals surface area contributed by atoms with Crippen LogP contribution in [-0.2, 0) is 11.3 Å². The van der Waals surface area contributed by atoms with Crippen molar-refractivity contribution in [2.24, 2.45) is 0 Å². The minimum atomic E-state index is -0.126. The standard InChI is InChI=1S/C26H22N4O2/c31-25-15-18-28(26(32)21-11-13-22(14-12-21)30-17-6-16-27-30)23-9-4-5-10-24(23)29(25)19-20-7-2-1-3-8-20/h1-14,16-17H,15,18-19H2. The SMILES string of the molecule is O=C1CCN(C(=O)c2ccc(-n3cccn3)cc2)c2ccccc2N1Cc1ccccc1. The molecule has 0 atom stereocenters. The molecule has 1 aliphatic rings. The molecule has 158 valence electrons. The molecule has 0 radical (unpaired) electrons. The summed E-state index contributed by atoms with van der Waals surface area (Å²) in [7, 11) is 0. The first-order chi connectivity index (χ1) is 15.7. The Morgan fingerprint density at radius 1 is 0.844 bits per heavy atom. The lowest BCUT2D eigenvalue weighted by Gasteiger charge is -2.25. The van der Waals surface area contributed by atoms with Gasteiger partial charge in [-0.1, -0.05) is 42.5 Å². The third-order valence-electron chi connectivity index (χ3n) is 5.63. The lowest BCUT2D eigenvalue weighted by molar-refractivity contribution is -0.118. The number of amides is 2. The molecule has 0 N–H and O–H groups in total. The molecule has 1 aromatic heterocycles. The van der Waals surface area contributed by atoms with Crippen molar-refractivity contribution in [3.05, 3.63) is 108 Å². The Morgan fingerprint density at radius 3 is 2.28 bits per heavy atom. The normalized spacial score (nSPS) is 13.6. The molecule has 3 aromatic carbocycles. The lowest BCUT2D eigenvalue weighted by Crippen LogP contribution is -2.32. The number of fused-ring (bicyclic) bond motifs is 1. The third-order valence-corrected chi connectivity index (χ3v) is 5.63. The molecule has 32 heavy (non-hydrogen) atoms. The van der Waals surface area contributed by atoms with Gasteiger partial charge in [-0.25, -0.2) is 4.68 Å². The van der Waals surface area contributed by atoms with Crippen LogP contribution in [0.3, 0.4) is 0 Å². The van der Waals surface area contributed by atoms with Gasteiger partial charge in [-0.05, 0) is 48.0 Å². The highest BCUT2D eigenvalue weighted by Crippen LogP contribution is 2.34. The average molecular weight is 422 g/mol. The van der Waals surface area contributed by atoms with Crippen molar-refractivity contribution in [1.82, 2.24) is 9.78 Å². The summed E-state index contributed by atoms with van der Waals surface area (Å²) in [5, 5.41) is 4.22. The third kappa shape index (κ3) is 3.78. The van der Waals surface area contributed by atoms with Crippen molar-refractivity contribution >= 4 is 23.2 Å². The zero-order chi connectivity index (χ0) is 21.9. The summed E-state index contributed by atoms with van der Waals surface area (Å²) in [5.41, 5.74) is 3.99. The van der Waals surface area contributed by atoms with E-state index in [9.17, 15) is 9.59 Å². The van der Waals surface area contributed by atoms with E-state index < -0.39 is 0 Å². The van der Waals surface area contributed by atoms with Crippen molar-refractivity contribution in [1.29, 1.82) is 0 Å². The number of benzene rings is 3. The first-order valence-electron chi connectivity index (χ1n) is 10.6. The van der Waals surface area contributed by atoms with Gasteiger partial charge < -0.3 is 9.80 Å². The molecule has 0 unspecified atom stereocenters. The number of carbonyl (C=O) groups excluding carboxylic acids is 2. The second-order valence-corrected chi connectivity index (χ2v) is 7.66. The van der Waals surface area contributed by atoms with Crippen molar-refractivity contribution in [3.63, 3.8) is 0 Å². The van der Waals surface area contributed by atoms with E-state index in [-0.39, 0.29) is 18.2 Å². The maximum Gasteiger partial charge on any atom is 0.258 e. The maximum atomic E-state index is 13.5. The highest BCUT2D eigenvalue weighted by atomic mass is 16.2. The molecule has 0 saturated carbocycles. The largest absolute Gasteiger partial charge is 0.306 e. The molecule has 1 aliphatic heterocycles. The number of para-hydroxylation sites is 2. The van der Waals surface area contributed by atoms with E-state index in [0.29, 0.717) is 18.7 Å². The first-order valence-corrected chi connectivity index (χ1v) is 10.6. The van der Waals surface area contributed by atoms with Crippen LogP contribution in [0.15, 0.2) is 97.3 Å². The van der Waals surface area contributed by atoms with E-state index in [4.69, 9.17) is 0 Å². The number of nitrogens with zero attached hydrogens (tertiary/aromatic N) is 4. The fourth-order valence-corrected chi connectivity index (χ4v) is 4.00. The van der Waals surface area contributed by atoms with Crippen LogP contribution in [0.4, 0.5) is 11.4 Å². The number of hydrogen-bond donors (Lipinski definition) is 0. The van der Waals surface area contributed by atoms with E-state index in [0.717, 1.165) is 22.6 Å². The molecular formula is C26H22N4O2. The van der Waals surface area contributed by atoms with Gasteiger partial charge in [-0.2, -0.15) is 5.10 Å². The smallest absolute Gasteiger partial charge is 0.258 e. The number of carbonyl (C=O) groups is 2. The monoisotopic (exact) mass is 422 g/mol. The molecular weight excluding hydrogens is 400 g/mol. The van der Waals surface area contributed by atoms with Crippen LogP contribution in [0, 0.1) is 0 Å². The predicted molar refractivity (Wildman–Crippen MR) is 124 cm³/mol. The summed E-state index contributed by atoms with van der Waals surface area (Å²) in [6, 6.07) is 26.7. The Kier molecular flexibility index (Phi) is 5.25. The molecule has 6 nitrogen and oxygen atoms in total. The lowest BCUT2D eigenvalue weighted by atomic mass is 10.1. The second-order valence-electron chi connectivity index (χ2n) is 7.66. The van der Waals surface area contributed by atoms with E-state index in [1.807, 2.05) is 79.0 Å². The summed E-state index contributed by atoms with van der Waals surface area (Å²) in [5.74, 6) is -0.121. The van der Waals surface area contributed by atoms with Crippen molar-refractivity contribution in [2.45, 2.75) is 13.0 Å². The molecule has 0 spiro atoms. The van der Waals surface area contributed by atoms with Gasteiger partial charge in [0, 0.05) is 30.9 Å². The molecule has 0 aliphatic carbocycles. The predicted octanol–water partition coefficient (Wildman–Crippen LogP) is 4.46. The average Bonchev–Trinajstić information content (AvgIpc) is 3.34. The Morgan fingerprint density at radius 2 is 1.56 bits per heavy atom. The van der Waals surface area contributed by atoms with Gasteiger partial charge >= 0.3 is 0 Å². The minimum Gasteiger partial charge on any atom is -0.306 e. The number of hydrogen-bond acceptors (Lipinski definition) is 3. The maximum absolute atomic E-state index is 13.5.